The summed E-state index contributed by atoms with van der Waals surface area (Å²) in [7, 11) is 0. The highest BCUT2D eigenvalue weighted by Gasteiger charge is 2.27. The number of likely N-dealkylation sites (tertiary alicyclic amines) is 1. The molecule has 3 rings (SSSR count). The maximum Gasteiger partial charge on any atom is 0.289 e. The number of benzene rings is 2. The van der Waals surface area contributed by atoms with Gasteiger partial charge in [-0.1, -0.05) is 48.0 Å². The fourth-order valence-corrected chi connectivity index (χ4v) is 3.42. The molecular weight excluding hydrogens is 338 g/mol. The van der Waals surface area contributed by atoms with E-state index < -0.39 is 0 Å². The maximum atomic E-state index is 12.5. The third kappa shape index (κ3) is 5.68. The molecule has 0 radical (unpaired) electrons. The van der Waals surface area contributed by atoms with E-state index in [9.17, 15) is 9.59 Å². The Morgan fingerprint density at radius 3 is 2.56 bits per heavy atom. The Morgan fingerprint density at radius 1 is 1.07 bits per heavy atom. The van der Waals surface area contributed by atoms with E-state index in [1.165, 1.54) is 5.56 Å². The third-order valence-corrected chi connectivity index (χ3v) is 5.03. The van der Waals surface area contributed by atoms with Crippen LogP contribution in [0.4, 0.5) is 0 Å². The Balaban J connectivity index is 1.46. The van der Waals surface area contributed by atoms with Crippen molar-refractivity contribution < 1.29 is 14.3 Å². The number of amides is 1. The highest BCUT2D eigenvalue weighted by atomic mass is 16.5. The molecule has 0 unspecified atom stereocenters. The van der Waals surface area contributed by atoms with Gasteiger partial charge in [-0.3, -0.25) is 9.59 Å². The molecule has 0 bridgehead atoms. The summed E-state index contributed by atoms with van der Waals surface area (Å²) >= 11 is 0. The second kappa shape index (κ2) is 9.36. The minimum Gasteiger partial charge on any atom is -0.493 e. The molecule has 0 spiro atoms. The molecule has 4 heteroatoms. The molecule has 1 heterocycles. The fraction of sp³-hybridized carbons (Fsp3) is 0.391. The van der Waals surface area contributed by atoms with Crippen molar-refractivity contribution in [2.75, 3.05) is 19.7 Å². The van der Waals surface area contributed by atoms with E-state index in [-0.39, 0.29) is 24.0 Å². The number of nitrogens with zero attached hydrogens (tertiary/aromatic N) is 1. The molecule has 1 amide bonds. The van der Waals surface area contributed by atoms with Gasteiger partial charge >= 0.3 is 0 Å². The Bertz CT molecular complexity index is 755. The summed E-state index contributed by atoms with van der Waals surface area (Å²) in [6.07, 6.45) is 2.82. The van der Waals surface area contributed by atoms with Crippen LogP contribution in [-0.2, 0) is 16.0 Å². The number of carbonyl (C=O) groups excluding carboxylic acids is 2. The Hall–Kier alpha value is -2.62. The number of aryl methyl sites for hydroxylation is 2. The zero-order valence-corrected chi connectivity index (χ0v) is 15.9. The second-order valence-corrected chi connectivity index (χ2v) is 7.29. The average molecular weight is 365 g/mol. The lowest BCUT2D eigenvalue weighted by Gasteiger charge is -2.32. The molecule has 1 aliphatic rings. The van der Waals surface area contributed by atoms with Gasteiger partial charge in [0, 0.05) is 25.4 Å². The first-order valence-electron chi connectivity index (χ1n) is 9.67. The minimum absolute atomic E-state index is 0.268. The molecule has 2 aromatic carbocycles. The maximum absolute atomic E-state index is 12.5. The van der Waals surface area contributed by atoms with Crippen molar-refractivity contribution in [3.63, 3.8) is 0 Å². The first-order valence-corrected chi connectivity index (χ1v) is 9.67. The van der Waals surface area contributed by atoms with Crippen molar-refractivity contribution in [3.05, 3.63) is 65.7 Å². The number of ether oxygens (including phenoxy) is 1. The first kappa shape index (κ1) is 19.2. The monoisotopic (exact) mass is 365 g/mol. The predicted octanol–water partition coefficient (Wildman–Crippen LogP) is 3.81. The minimum atomic E-state index is -0.342. The van der Waals surface area contributed by atoms with Gasteiger partial charge in [0.1, 0.15) is 5.75 Å². The summed E-state index contributed by atoms with van der Waals surface area (Å²) in [4.78, 5) is 26.5. The summed E-state index contributed by atoms with van der Waals surface area (Å²) in [5.74, 6) is 0.485. The van der Waals surface area contributed by atoms with Crippen LogP contribution in [0.2, 0.25) is 0 Å². The number of Topliss-reactive ketones (excluding diaryl/α,β-unsaturated/α-hetero) is 1. The van der Waals surface area contributed by atoms with Gasteiger partial charge in [0.25, 0.3) is 5.91 Å². The SMILES string of the molecule is Cc1ccc(OC[C@H]2CCCN(C(=O)C(=O)CCc3ccccc3)C2)cc1. The van der Waals surface area contributed by atoms with Gasteiger partial charge in [0.2, 0.25) is 5.78 Å². The van der Waals surface area contributed by atoms with E-state index in [1.54, 1.807) is 4.90 Å². The molecule has 1 saturated heterocycles. The number of piperidine rings is 1. The lowest BCUT2D eigenvalue weighted by molar-refractivity contribution is -0.146. The van der Waals surface area contributed by atoms with Crippen molar-refractivity contribution in [1.82, 2.24) is 4.90 Å². The van der Waals surface area contributed by atoms with Crippen LogP contribution in [0.3, 0.4) is 0 Å². The molecule has 142 valence electrons. The summed E-state index contributed by atoms with van der Waals surface area (Å²) in [6, 6.07) is 17.8. The van der Waals surface area contributed by atoms with E-state index in [1.807, 2.05) is 61.5 Å². The van der Waals surface area contributed by atoms with Crippen LogP contribution in [0.5, 0.6) is 5.75 Å². The average Bonchev–Trinajstić information content (AvgIpc) is 2.72. The molecule has 0 N–H and O–H groups in total. The largest absolute Gasteiger partial charge is 0.493 e. The first-order chi connectivity index (χ1) is 13.1. The molecule has 0 aliphatic carbocycles. The van der Waals surface area contributed by atoms with Gasteiger partial charge in [0.05, 0.1) is 6.61 Å². The number of hydrogen-bond acceptors (Lipinski definition) is 3. The van der Waals surface area contributed by atoms with Crippen LogP contribution in [0.25, 0.3) is 0 Å². The molecule has 0 aromatic heterocycles. The van der Waals surface area contributed by atoms with Gasteiger partial charge < -0.3 is 9.64 Å². The van der Waals surface area contributed by atoms with Crippen molar-refractivity contribution in [2.24, 2.45) is 5.92 Å². The van der Waals surface area contributed by atoms with Crippen LogP contribution in [-0.4, -0.2) is 36.3 Å². The smallest absolute Gasteiger partial charge is 0.289 e. The van der Waals surface area contributed by atoms with Crippen LogP contribution in [0.1, 0.15) is 30.4 Å². The summed E-state index contributed by atoms with van der Waals surface area (Å²) in [5.41, 5.74) is 2.28. The highest BCUT2D eigenvalue weighted by molar-refractivity contribution is 6.36. The number of carbonyl (C=O) groups is 2. The molecule has 27 heavy (non-hydrogen) atoms. The zero-order chi connectivity index (χ0) is 19.1. The molecule has 1 atom stereocenters. The van der Waals surface area contributed by atoms with E-state index >= 15 is 0 Å². The number of ketones is 1. The fourth-order valence-electron chi connectivity index (χ4n) is 3.42. The van der Waals surface area contributed by atoms with E-state index in [0.29, 0.717) is 26.1 Å². The van der Waals surface area contributed by atoms with Crippen molar-refractivity contribution in [3.8, 4) is 5.75 Å². The van der Waals surface area contributed by atoms with Gasteiger partial charge in [0.15, 0.2) is 0 Å². The second-order valence-electron chi connectivity index (χ2n) is 7.29. The van der Waals surface area contributed by atoms with E-state index in [2.05, 4.69) is 0 Å². The van der Waals surface area contributed by atoms with Gasteiger partial charge in [-0.05, 0) is 43.9 Å². The molecule has 2 aromatic rings. The van der Waals surface area contributed by atoms with Crippen molar-refractivity contribution >= 4 is 11.7 Å². The third-order valence-electron chi connectivity index (χ3n) is 5.03. The van der Waals surface area contributed by atoms with E-state index in [0.717, 1.165) is 24.2 Å². The number of hydrogen-bond donors (Lipinski definition) is 0. The van der Waals surface area contributed by atoms with Crippen LogP contribution < -0.4 is 4.74 Å². The molecule has 0 saturated carbocycles. The zero-order valence-electron chi connectivity index (χ0n) is 15.9. The lowest BCUT2D eigenvalue weighted by atomic mass is 9.98. The Morgan fingerprint density at radius 2 is 1.81 bits per heavy atom. The molecule has 4 nitrogen and oxygen atoms in total. The predicted molar refractivity (Wildman–Crippen MR) is 106 cm³/mol. The molecule has 1 fully saturated rings. The van der Waals surface area contributed by atoms with Crippen molar-refractivity contribution in [1.29, 1.82) is 0 Å². The summed E-state index contributed by atoms with van der Waals surface area (Å²) in [6.45, 7) is 3.88. The molecule has 1 aliphatic heterocycles. The quantitative estimate of drug-likeness (QED) is 0.701. The molecular formula is C23H27NO3. The Kier molecular flexibility index (Phi) is 6.64. The highest BCUT2D eigenvalue weighted by Crippen LogP contribution is 2.20. The number of rotatable bonds is 7. The van der Waals surface area contributed by atoms with E-state index in [4.69, 9.17) is 4.74 Å². The topological polar surface area (TPSA) is 46.6 Å². The van der Waals surface area contributed by atoms with Crippen LogP contribution >= 0.6 is 0 Å². The van der Waals surface area contributed by atoms with Crippen molar-refractivity contribution in [2.45, 2.75) is 32.6 Å². The Labute approximate surface area is 161 Å². The standard InChI is InChI=1S/C23H27NO3/c1-18-9-12-21(13-10-18)27-17-20-8-5-15-24(16-20)23(26)22(25)14-11-19-6-3-2-4-7-19/h2-4,6-7,9-10,12-13,20H,5,8,11,14-17H2,1H3/t20-/m0/s1. The van der Waals surface area contributed by atoms with Crippen LogP contribution in [0, 0.1) is 12.8 Å². The van der Waals surface area contributed by atoms with Gasteiger partial charge in [-0.2, -0.15) is 0 Å². The summed E-state index contributed by atoms with van der Waals surface area (Å²) < 4.78 is 5.87. The van der Waals surface area contributed by atoms with Gasteiger partial charge in [-0.15, -0.1) is 0 Å². The van der Waals surface area contributed by atoms with Crippen LogP contribution in [0.15, 0.2) is 54.6 Å². The summed E-state index contributed by atoms with van der Waals surface area (Å²) in [5, 5.41) is 0. The lowest BCUT2D eigenvalue weighted by Crippen LogP contribution is -2.44. The van der Waals surface area contributed by atoms with Gasteiger partial charge in [-0.25, -0.2) is 0 Å². The normalized spacial score (nSPS) is 16.8.